The Bertz CT molecular complexity index is 1230. The summed E-state index contributed by atoms with van der Waals surface area (Å²) in [7, 11) is 0. The van der Waals surface area contributed by atoms with Crippen LogP contribution in [-0.2, 0) is 33.6 Å². The summed E-state index contributed by atoms with van der Waals surface area (Å²) in [5.74, 6) is -4.39. The van der Waals surface area contributed by atoms with Crippen LogP contribution in [0, 0.1) is 17.5 Å². The molecule has 210 valence electrons. The molecular weight excluding hydrogens is 519 g/mol. The Kier molecular flexibility index (Phi) is 13.9. The van der Waals surface area contributed by atoms with Gasteiger partial charge >= 0.3 is 17.9 Å². The minimum Gasteiger partial charge on any atom is -0.480 e. The number of hydrogen-bond donors (Lipinski definition) is 6. The molecule has 0 aliphatic rings. The minimum absolute atomic E-state index is 0.0159. The van der Waals surface area contributed by atoms with Crippen LogP contribution in [0.5, 0.6) is 0 Å². The number of carbonyl (C=O) groups is 3. The molecule has 0 saturated carbocycles. The highest BCUT2D eigenvalue weighted by atomic mass is 19.1. The zero-order valence-electron chi connectivity index (χ0n) is 20.7. The van der Waals surface area contributed by atoms with Crippen molar-refractivity contribution in [2.75, 3.05) is 0 Å². The van der Waals surface area contributed by atoms with E-state index >= 15 is 0 Å². The van der Waals surface area contributed by atoms with Crippen molar-refractivity contribution in [1.82, 2.24) is 0 Å². The molecule has 3 aromatic carbocycles. The van der Waals surface area contributed by atoms with Gasteiger partial charge in [0, 0.05) is 6.42 Å². The van der Waals surface area contributed by atoms with Crippen LogP contribution in [0.2, 0.25) is 0 Å². The lowest BCUT2D eigenvalue weighted by Crippen LogP contribution is -2.32. The molecule has 9 nitrogen and oxygen atoms in total. The molecule has 0 aliphatic heterocycles. The van der Waals surface area contributed by atoms with E-state index in [2.05, 4.69) is 0 Å². The fraction of sp³-hybridized carbons (Fsp3) is 0.222. The Balaban J connectivity index is 0.000000292. The van der Waals surface area contributed by atoms with Gasteiger partial charge in [0.25, 0.3) is 0 Å². The van der Waals surface area contributed by atoms with E-state index < -0.39 is 41.9 Å². The Morgan fingerprint density at radius 1 is 0.590 bits per heavy atom. The third-order valence-corrected chi connectivity index (χ3v) is 5.06. The van der Waals surface area contributed by atoms with E-state index in [9.17, 15) is 27.6 Å². The standard InChI is InChI=1S/3C9H10FNO2/c10-7-3-1-6(2-4-7)5-8(11)9(12)13;10-7-3-1-2-6(4-7)5-8(11)9(12)13;10-7-4-2-1-3-6(7)5-8(11)9(12)13/h3*1-4,8H,5,11H2,(H,12,13)/t3*8-/m000/s1. The van der Waals surface area contributed by atoms with E-state index in [0.717, 1.165) is 5.56 Å². The molecule has 12 heteroatoms. The van der Waals surface area contributed by atoms with Gasteiger partial charge in [0.2, 0.25) is 0 Å². The van der Waals surface area contributed by atoms with Gasteiger partial charge in [-0.05, 0) is 59.9 Å². The van der Waals surface area contributed by atoms with Crippen molar-refractivity contribution in [1.29, 1.82) is 0 Å². The van der Waals surface area contributed by atoms with Crippen molar-refractivity contribution in [3.63, 3.8) is 0 Å². The van der Waals surface area contributed by atoms with Crippen molar-refractivity contribution < 1.29 is 42.9 Å². The molecule has 0 radical (unpaired) electrons. The Hall–Kier alpha value is -4.26. The zero-order chi connectivity index (χ0) is 29.5. The van der Waals surface area contributed by atoms with Gasteiger partial charge in [-0.1, -0.05) is 42.5 Å². The minimum atomic E-state index is -1.12. The van der Waals surface area contributed by atoms with Crippen LogP contribution in [0.3, 0.4) is 0 Å². The normalized spacial score (nSPS) is 12.5. The Morgan fingerprint density at radius 3 is 1.56 bits per heavy atom. The third kappa shape index (κ3) is 13.2. The first-order valence-electron chi connectivity index (χ1n) is 11.5. The molecule has 0 fully saturated rings. The molecule has 3 rings (SSSR count). The average Bonchev–Trinajstić information content (AvgIpc) is 2.87. The van der Waals surface area contributed by atoms with Gasteiger partial charge in [0.15, 0.2) is 0 Å². The number of halogens is 3. The van der Waals surface area contributed by atoms with Gasteiger partial charge in [0.05, 0.1) is 0 Å². The van der Waals surface area contributed by atoms with Crippen LogP contribution < -0.4 is 17.2 Å². The first kappa shape index (κ1) is 32.8. The second-order valence-electron chi connectivity index (χ2n) is 8.29. The molecule has 0 saturated heterocycles. The van der Waals surface area contributed by atoms with E-state index in [1.54, 1.807) is 18.2 Å². The summed E-state index contributed by atoms with van der Waals surface area (Å²) in [6.45, 7) is 0. The number of nitrogens with two attached hydrogens (primary N) is 3. The molecule has 3 aromatic rings. The fourth-order valence-corrected chi connectivity index (χ4v) is 2.96. The maximum atomic E-state index is 13.0. The first-order chi connectivity index (χ1) is 18.3. The summed E-state index contributed by atoms with van der Waals surface area (Å²) in [5.41, 5.74) is 17.5. The van der Waals surface area contributed by atoms with Crippen molar-refractivity contribution in [2.45, 2.75) is 37.4 Å². The molecule has 0 amide bonds. The number of carboxylic acids is 3. The van der Waals surface area contributed by atoms with Crippen molar-refractivity contribution in [2.24, 2.45) is 17.2 Å². The zero-order valence-corrected chi connectivity index (χ0v) is 20.7. The van der Waals surface area contributed by atoms with E-state index in [1.807, 2.05) is 0 Å². The van der Waals surface area contributed by atoms with E-state index in [4.69, 9.17) is 32.5 Å². The number of carboxylic acid groups (broad SMARTS) is 3. The summed E-state index contributed by atoms with van der Waals surface area (Å²) < 4.78 is 38.0. The number of benzene rings is 3. The fourth-order valence-electron chi connectivity index (χ4n) is 2.96. The second-order valence-corrected chi connectivity index (χ2v) is 8.29. The molecule has 0 heterocycles. The van der Waals surface area contributed by atoms with Gasteiger partial charge in [-0.25, -0.2) is 13.2 Å². The van der Waals surface area contributed by atoms with Gasteiger partial charge in [-0.15, -0.1) is 0 Å². The van der Waals surface area contributed by atoms with Crippen LogP contribution in [0.4, 0.5) is 13.2 Å². The average molecular weight is 550 g/mol. The molecule has 0 aliphatic carbocycles. The molecule has 0 bridgehead atoms. The van der Waals surface area contributed by atoms with Crippen molar-refractivity contribution in [3.8, 4) is 0 Å². The maximum Gasteiger partial charge on any atom is 0.320 e. The molecule has 39 heavy (non-hydrogen) atoms. The second kappa shape index (κ2) is 16.6. The molecular formula is C27H30F3N3O6. The Morgan fingerprint density at radius 2 is 1.08 bits per heavy atom. The lowest BCUT2D eigenvalue weighted by atomic mass is 10.1. The van der Waals surface area contributed by atoms with Gasteiger partial charge < -0.3 is 32.5 Å². The highest BCUT2D eigenvalue weighted by molar-refractivity contribution is 5.74. The first-order valence-corrected chi connectivity index (χ1v) is 11.5. The monoisotopic (exact) mass is 549 g/mol. The van der Waals surface area contributed by atoms with Crippen molar-refractivity contribution in [3.05, 3.63) is 107 Å². The molecule has 3 atom stereocenters. The SMILES string of the molecule is N[C@@H](Cc1ccc(F)cc1)C(=O)O.N[C@@H](Cc1cccc(F)c1)C(=O)O.N[C@@H](Cc1ccccc1F)C(=O)O. The van der Waals surface area contributed by atoms with Crippen molar-refractivity contribution >= 4 is 17.9 Å². The molecule has 0 aromatic heterocycles. The maximum absolute atomic E-state index is 13.0. The quantitative estimate of drug-likeness (QED) is 0.233. The predicted octanol–water partition coefficient (Wildman–Crippen LogP) is 2.34. The van der Waals surface area contributed by atoms with E-state index in [1.165, 1.54) is 54.6 Å². The highest BCUT2D eigenvalue weighted by Crippen LogP contribution is 2.08. The summed E-state index contributed by atoms with van der Waals surface area (Å²) in [4.78, 5) is 31.1. The summed E-state index contributed by atoms with van der Waals surface area (Å²) in [6, 6.07) is 14.4. The molecule has 0 unspecified atom stereocenters. The number of hydrogen-bond acceptors (Lipinski definition) is 6. The topological polar surface area (TPSA) is 190 Å². The highest BCUT2D eigenvalue weighted by Gasteiger charge is 2.14. The van der Waals surface area contributed by atoms with Crippen LogP contribution in [-0.4, -0.2) is 51.4 Å². The molecule has 9 N–H and O–H groups in total. The van der Waals surface area contributed by atoms with Crippen LogP contribution in [0.25, 0.3) is 0 Å². The third-order valence-electron chi connectivity index (χ3n) is 5.06. The van der Waals surface area contributed by atoms with Crippen LogP contribution >= 0.6 is 0 Å². The Labute approximate surface area is 222 Å². The van der Waals surface area contributed by atoms with Crippen LogP contribution in [0.15, 0.2) is 72.8 Å². The van der Waals surface area contributed by atoms with Crippen LogP contribution in [0.1, 0.15) is 16.7 Å². The lowest BCUT2D eigenvalue weighted by Gasteiger charge is -2.06. The van der Waals surface area contributed by atoms with Gasteiger partial charge in [-0.3, -0.25) is 14.4 Å². The summed E-state index contributed by atoms with van der Waals surface area (Å²) in [6.07, 6.45) is 0.380. The molecule has 0 spiro atoms. The lowest BCUT2D eigenvalue weighted by molar-refractivity contribution is -0.139. The largest absolute Gasteiger partial charge is 0.480 e. The predicted molar refractivity (Wildman–Crippen MR) is 137 cm³/mol. The summed E-state index contributed by atoms with van der Waals surface area (Å²) in [5, 5.41) is 25.5. The smallest absolute Gasteiger partial charge is 0.320 e. The van der Waals surface area contributed by atoms with Gasteiger partial charge in [0.1, 0.15) is 35.6 Å². The number of aliphatic carboxylic acids is 3. The van der Waals surface area contributed by atoms with Gasteiger partial charge in [-0.2, -0.15) is 0 Å². The number of rotatable bonds is 9. The van der Waals surface area contributed by atoms with E-state index in [0.29, 0.717) is 11.1 Å². The summed E-state index contributed by atoms with van der Waals surface area (Å²) >= 11 is 0. The van der Waals surface area contributed by atoms with E-state index in [-0.39, 0.29) is 30.9 Å².